The van der Waals surface area contributed by atoms with Crippen LogP contribution in [0.4, 0.5) is 4.79 Å². The van der Waals surface area contributed by atoms with Gasteiger partial charge in [0.2, 0.25) is 0 Å². The molecule has 0 bridgehead atoms. The fraction of sp³-hybridized carbons (Fsp3) is 0.500. The van der Waals surface area contributed by atoms with E-state index in [-0.39, 0.29) is 19.8 Å². The first-order valence-corrected chi connectivity index (χ1v) is 13.4. The number of nitrogens with zero attached hydrogens (tertiary/aromatic N) is 2. The molecule has 2 fully saturated rings. The summed E-state index contributed by atoms with van der Waals surface area (Å²) in [6.45, 7) is 6.54. The zero-order chi connectivity index (χ0) is 26.6. The monoisotopic (exact) mass is 525 g/mol. The molecule has 4 N–H and O–H groups in total. The van der Waals surface area contributed by atoms with E-state index in [9.17, 15) is 14.7 Å². The van der Waals surface area contributed by atoms with Gasteiger partial charge in [-0.2, -0.15) is 0 Å². The molecule has 2 aliphatic heterocycles. The summed E-state index contributed by atoms with van der Waals surface area (Å²) >= 11 is 0. The minimum atomic E-state index is -1.15. The van der Waals surface area contributed by atoms with E-state index >= 15 is 0 Å². The van der Waals surface area contributed by atoms with Crippen molar-refractivity contribution in [3.63, 3.8) is 0 Å². The Bertz CT molecular complexity index is 984. The van der Waals surface area contributed by atoms with E-state index in [1.54, 1.807) is 0 Å². The minimum Gasteiger partial charge on any atom is -0.459 e. The van der Waals surface area contributed by atoms with Crippen molar-refractivity contribution in [2.75, 3.05) is 58.9 Å². The predicted molar refractivity (Wildman–Crippen MR) is 143 cm³/mol. The number of ether oxygens (including phenoxy) is 2. The Morgan fingerprint density at radius 2 is 1.26 bits per heavy atom. The van der Waals surface area contributed by atoms with Gasteiger partial charge in [0, 0.05) is 58.9 Å². The smallest absolute Gasteiger partial charge is 0.410 e. The third-order valence-corrected chi connectivity index (χ3v) is 6.92. The van der Waals surface area contributed by atoms with Gasteiger partial charge in [-0.15, -0.1) is 0 Å². The van der Waals surface area contributed by atoms with Crippen LogP contribution in [0.3, 0.4) is 0 Å². The van der Waals surface area contributed by atoms with Crippen molar-refractivity contribution in [1.82, 2.24) is 25.8 Å². The second-order valence-corrected chi connectivity index (χ2v) is 9.57. The van der Waals surface area contributed by atoms with Crippen molar-refractivity contribution in [3.8, 4) is 0 Å². The maximum atomic E-state index is 13.3. The van der Waals surface area contributed by atoms with Crippen LogP contribution in [-0.4, -0.2) is 104 Å². The van der Waals surface area contributed by atoms with Crippen LogP contribution in [0.25, 0.3) is 0 Å². The lowest BCUT2D eigenvalue weighted by Gasteiger charge is -2.31. The summed E-state index contributed by atoms with van der Waals surface area (Å²) in [5.41, 5.74) is 1.67. The number of aliphatic hydroxyl groups excluding tert-OH is 1. The number of rotatable bonds is 6. The topological polar surface area (TPSA) is 115 Å². The van der Waals surface area contributed by atoms with Crippen molar-refractivity contribution < 1.29 is 24.2 Å². The average Bonchev–Trinajstić information content (AvgIpc) is 3.29. The molecule has 0 radical (unpaired) electrons. The molecule has 0 unspecified atom stereocenters. The Morgan fingerprint density at radius 3 is 1.82 bits per heavy atom. The molecule has 38 heavy (non-hydrogen) atoms. The van der Waals surface area contributed by atoms with Gasteiger partial charge in [0.25, 0.3) is 0 Å². The second-order valence-electron chi connectivity index (χ2n) is 9.57. The number of nitrogens with one attached hydrogen (secondary N) is 3. The summed E-state index contributed by atoms with van der Waals surface area (Å²) in [5, 5.41) is 21.6. The summed E-state index contributed by atoms with van der Waals surface area (Å²) in [7, 11) is 0. The number of esters is 1. The Labute approximate surface area is 224 Å². The Hall–Kier alpha value is -3.02. The molecule has 0 aromatic heterocycles. The fourth-order valence-electron chi connectivity index (χ4n) is 4.84. The number of benzene rings is 2. The van der Waals surface area contributed by atoms with Crippen LogP contribution in [0.2, 0.25) is 0 Å². The number of aliphatic hydroxyl groups is 1. The Kier molecular flexibility index (Phi) is 10.9. The number of hydrogen-bond donors (Lipinski definition) is 4. The highest BCUT2D eigenvalue weighted by Gasteiger charge is 2.50. The van der Waals surface area contributed by atoms with E-state index in [1.165, 1.54) is 4.90 Å². The average molecular weight is 526 g/mol. The molecule has 10 nitrogen and oxygen atoms in total. The highest BCUT2D eigenvalue weighted by atomic mass is 16.6. The lowest BCUT2D eigenvalue weighted by molar-refractivity contribution is -0.153. The zero-order valence-corrected chi connectivity index (χ0v) is 21.8. The molecule has 2 aromatic rings. The van der Waals surface area contributed by atoms with E-state index in [0.29, 0.717) is 13.1 Å². The molecule has 2 saturated heterocycles. The maximum absolute atomic E-state index is 13.3. The predicted octanol–water partition coefficient (Wildman–Crippen LogP) is 0.565. The third-order valence-electron chi connectivity index (χ3n) is 6.92. The van der Waals surface area contributed by atoms with Crippen LogP contribution in [0, 0.1) is 0 Å². The van der Waals surface area contributed by atoms with Gasteiger partial charge in [0.05, 0.1) is 6.04 Å². The molecule has 4 rings (SSSR count). The first kappa shape index (κ1) is 28.0. The highest BCUT2D eigenvalue weighted by molar-refractivity contribution is 5.83. The normalized spacial score (nSPS) is 23.7. The van der Waals surface area contributed by atoms with Crippen molar-refractivity contribution in [2.24, 2.45) is 0 Å². The van der Waals surface area contributed by atoms with E-state index < -0.39 is 30.3 Å². The van der Waals surface area contributed by atoms with Crippen molar-refractivity contribution in [2.45, 2.75) is 31.4 Å². The molecule has 2 heterocycles. The SMILES string of the molecule is O=C(OCc1ccccc1)[C@@H]1[C@@H](O)[C@H](N2CCNCCNCCNCC2)CN1C(=O)OCc1ccccc1. The van der Waals surface area contributed by atoms with E-state index in [2.05, 4.69) is 20.9 Å². The van der Waals surface area contributed by atoms with Gasteiger partial charge in [-0.25, -0.2) is 9.59 Å². The number of likely N-dealkylation sites (tertiary alicyclic amines) is 1. The molecule has 0 spiro atoms. The van der Waals surface area contributed by atoms with Crippen LogP contribution in [-0.2, 0) is 27.5 Å². The molecular formula is C28H39N5O5. The van der Waals surface area contributed by atoms with Crippen molar-refractivity contribution in [1.29, 1.82) is 0 Å². The molecule has 2 aliphatic rings. The van der Waals surface area contributed by atoms with E-state index in [1.807, 2.05) is 60.7 Å². The van der Waals surface area contributed by atoms with Crippen LogP contribution in [0.5, 0.6) is 0 Å². The van der Waals surface area contributed by atoms with Gasteiger partial charge in [0.1, 0.15) is 19.3 Å². The molecule has 0 saturated carbocycles. The molecule has 1 amide bonds. The second kappa shape index (κ2) is 14.8. The Balaban J connectivity index is 1.47. The summed E-state index contributed by atoms with van der Waals surface area (Å²) in [4.78, 5) is 30.0. The largest absolute Gasteiger partial charge is 0.459 e. The third kappa shape index (κ3) is 7.99. The molecule has 2 aromatic carbocycles. The summed E-state index contributed by atoms with van der Waals surface area (Å²) < 4.78 is 11.1. The minimum absolute atomic E-state index is 0.0616. The maximum Gasteiger partial charge on any atom is 0.410 e. The molecular weight excluding hydrogens is 486 g/mol. The highest BCUT2D eigenvalue weighted by Crippen LogP contribution is 2.26. The summed E-state index contributed by atoms with van der Waals surface area (Å²) in [6.07, 6.45) is -1.76. The van der Waals surface area contributed by atoms with Gasteiger partial charge in [-0.1, -0.05) is 60.7 Å². The van der Waals surface area contributed by atoms with Gasteiger partial charge in [-0.3, -0.25) is 9.80 Å². The van der Waals surface area contributed by atoms with Gasteiger partial charge in [-0.05, 0) is 11.1 Å². The lowest BCUT2D eigenvalue weighted by Crippen LogP contribution is -2.51. The first-order valence-electron chi connectivity index (χ1n) is 13.4. The van der Waals surface area contributed by atoms with Gasteiger partial charge in [0.15, 0.2) is 6.04 Å². The van der Waals surface area contributed by atoms with E-state index in [4.69, 9.17) is 9.47 Å². The number of hydrogen-bond acceptors (Lipinski definition) is 9. The number of carbonyl (C=O) groups is 2. The number of amides is 1. The molecule has 0 aliphatic carbocycles. The molecule has 3 atom stereocenters. The van der Waals surface area contributed by atoms with E-state index in [0.717, 1.165) is 50.4 Å². The van der Waals surface area contributed by atoms with Crippen LogP contribution in [0.15, 0.2) is 60.7 Å². The summed E-state index contributed by atoms with van der Waals surface area (Å²) in [5.74, 6) is -0.641. The first-order chi connectivity index (χ1) is 18.6. The van der Waals surface area contributed by atoms with Gasteiger partial charge >= 0.3 is 12.1 Å². The van der Waals surface area contributed by atoms with Crippen LogP contribution in [0.1, 0.15) is 11.1 Å². The quantitative estimate of drug-likeness (QED) is 0.402. The standard InChI is InChI=1S/C28H39N5O5/c34-26-24(32-17-15-30-13-11-29-12-14-31-16-18-32)19-33(28(36)38-21-23-9-5-2-6-10-23)25(26)27(35)37-20-22-7-3-1-4-8-22/h1-10,24-26,29-31,34H,11-21H2/t24-,25+,26+/m1/s1. The Morgan fingerprint density at radius 1 is 0.763 bits per heavy atom. The lowest BCUT2D eigenvalue weighted by atomic mass is 10.1. The van der Waals surface area contributed by atoms with Crippen molar-refractivity contribution >= 4 is 12.1 Å². The van der Waals surface area contributed by atoms with Gasteiger partial charge < -0.3 is 30.5 Å². The molecule has 206 valence electrons. The molecule has 10 heteroatoms. The van der Waals surface area contributed by atoms with Crippen LogP contribution < -0.4 is 16.0 Å². The fourth-order valence-corrected chi connectivity index (χ4v) is 4.84. The zero-order valence-electron chi connectivity index (χ0n) is 21.8. The van der Waals surface area contributed by atoms with Crippen molar-refractivity contribution in [3.05, 3.63) is 71.8 Å². The number of carbonyl (C=O) groups excluding carboxylic acids is 2. The summed E-state index contributed by atoms with van der Waals surface area (Å²) in [6, 6.07) is 17.1. The van der Waals surface area contributed by atoms with Crippen LogP contribution >= 0.6 is 0 Å².